The van der Waals surface area contributed by atoms with E-state index in [1.807, 2.05) is 36.4 Å². The average Bonchev–Trinajstić information content (AvgIpc) is 2.80. The fraction of sp³-hybridized carbons (Fsp3) is 0.333. The molecular weight excluding hydrogens is 360 g/mol. The summed E-state index contributed by atoms with van der Waals surface area (Å²) in [6, 6.07) is 20.6. The second-order valence-electron chi connectivity index (χ2n) is 7.34. The van der Waals surface area contributed by atoms with Gasteiger partial charge in [0.2, 0.25) is 5.95 Å². The molecule has 0 aliphatic carbocycles. The molecule has 1 aromatic heterocycles. The van der Waals surface area contributed by atoms with Crippen LogP contribution in [-0.4, -0.2) is 36.7 Å². The van der Waals surface area contributed by atoms with E-state index >= 15 is 0 Å². The maximum Gasteiger partial charge on any atom is 0.225 e. The van der Waals surface area contributed by atoms with E-state index in [1.54, 1.807) is 7.11 Å². The van der Waals surface area contributed by atoms with Crippen molar-refractivity contribution >= 4 is 11.8 Å². The summed E-state index contributed by atoms with van der Waals surface area (Å²) in [6.07, 6.45) is 4.60. The molecule has 0 saturated carbocycles. The van der Waals surface area contributed by atoms with Crippen LogP contribution >= 0.6 is 0 Å². The molecule has 1 saturated heterocycles. The van der Waals surface area contributed by atoms with Gasteiger partial charge in [-0.15, -0.1) is 0 Å². The van der Waals surface area contributed by atoms with Gasteiger partial charge in [-0.1, -0.05) is 48.5 Å². The first kappa shape index (κ1) is 19.2. The predicted octanol–water partition coefficient (Wildman–Crippen LogP) is 4.80. The number of rotatable bonds is 7. The summed E-state index contributed by atoms with van der Waals surface area (Å²) in [5, 5.41) is 3.43. The molecule has 1 N–H and O–H groups in total. The average molecular weight is 389 g/mol. The summed E-state index contributed by atoms with van der Waals surface area (Å²) in [7, 11) is 1.71. The summed E-state index contributed by atoms with van der Waals surface area (Å²) in [5.41, 5.74) is 3.25. The largest absolute Gasteiger partial charge is 0.496 e. The van der Waals surface area contributed by atoms with Gasteiger partial charge in [0.15, 0.2) is 0 Å². The highest BCUT2D eigenvalue weighted by molar-refractivity contribution is 5.64. The summed E-state index contributed by atoms with van der Waals surface area (Å²) in [5.74, 6) is 2.61. The molecule has 2 heterocycles. The van der Waals surface area contributed by atoms with Crippen molar-refractivity contribution in [3.63, 3.8) is 0 Å². The number of nitrogens with zero attached hydrogens (tertiary/aromatic N) is 3. The second kappa shape index (κ2) is 9.41. The lowest BCUT2D eigenvalue weighted by Crippen LogP contribution is -2.30. The number of aromatic nitrogens is 2. The Balaban J connectivity index is 1.54. The van der Waals surface area contributed by atoms with Crippen LogP contribution in [0.15, 0.2) is 60.7 Å². The van der Waals surface area contributed by atoms with E-state index < -0.39 is 0 Å². The molecule has 0 radical (unpaired) electrons. The summed E-state index contributed by atoms with van der Waals surface area (Å²) in [6.45, 7) is 2.87. The summed E-state index contributed by atoms with van der Waals surface area (Å²) in [4.78, 5) is 12.0. The maximum absolute atomic E-state index is 5.46. The van der Waals surface area contributed by atoms with Crippen molar-refractivity contribution in [2.75, 3.05) is 37.0 Å². The van der Waals surface area contributed by atoms with Gasteiger partial charge < -0.3 is 15.0 Å². The number of hydrogen-bond acceptors (Lipinski definition) is 5. The predicted molar refractivity (Wildman–Crippen MR) is 119 cm³/mol. The van der Waals surface area contributed by atoms with Crippen LogP contribution in [0.1, 0.15) is 24.8 Å². The van der Waals surface area contributed by atoms with Crippen LogP contribution in [0, 0.1) is 0 Å². The highest BCUT2D eigenvalue weighted by atomic mass is 16.5. The van der Waals surface area contributed by atoms with Gasteiger partial charge in [0.25, 0.3) is 0 Å². The molecule has 1 fully saturated rings. The molecule has 0 bridgehead atoms. The number of nitrogens with one attached hydrogen (secondary N) is 1. The lowest BCUT2D eigenvalue weighted by atomic mass is 10.1. The Hall–Kier alpha value is -3.08. The molecular formula is C24H28N4O. The summed E-state index contributed by atoms with van der Waals surface area (Å²) < 4.78 is 5.46. The molecule has 5 nitrogen and oxygen atoms in total. The molecule has 1 aliphatic rings. The van der Waals surface area contributed by atoms with Crippen LogP contribution in [0.3, 0.4) is 0 Å². The number of piperidine rings is 1. The van der Waals surface area contributed by atoms with Gasteiger partial charge in [-0.2, -0.15) is 4.98 Å². The molecule has 1 aliphatic heterocycles. The van der Waals surface area contributed by atoms with Gasteiger partial charge in [-0.3, -0.25) is 0 Å². The van der Waals surface area contributed by atoms with Crippen LogP contribution in [-0.2, 0) is 6.42 Å². The fourth-order valence-corrected chi connectivity index (χ4v) is 3.77. The Morgan fingerprint density at radius 1 is 0.931 bits per heavy atom. The first-order valence-corrected chi connectivity index (χ1v) is 10.4. The maximum atomic E-state index is 5.46. The Morgan fingerprint density at radius 2 is 1.69 bits per heavy atom. The second-order valence-corrected chi connectivity index (χ2v) is 7.34. The molecule has 4 rings (SSSR count). The number of para-hydroxylation sites is 1. The van der Waals surface area contributed by atoms with Crippen LogP contribution in [0.5, 0.6) is 5.75 Å². The zero-order chi connectivity index (χ0) is 19.9. The molecule has 0 unspecified atom stereocenters. The molecule has 0 spiro atoms. The number of methoxy groups -OCH3 is 1. The van der Waals surface area contributed by atoms with Crippen LogP contribution in [0.25, 0.3) is 11.3 Å². The van der Waals surface area contributed by atoms with Gasteiger partial charge in [0.05, 0.1) is 12.8 Å². The smallest absolute Gasteiger partial charge is 0.225 e. The Kier molecular flexibility index (Phi) is 6.25. The minimum atomic E-state index is 0.682. The minimum absolute atomic E-state index is 0.682. The number of hydrogen-bond donors (Lipinski definition) is 1. The number of anilines is 2. The van der Waals surface area contributed by atoms with Gasteiger partial charge in [-0.05, 0) is 37.3 Å². The van der Waals surface area contributed by atoms with Crippen molar-refractivity contribution in [1.82, 2.24) is 9.97 Å². The molecule has 29 heavy (non-hydrogen) atoms. The zero-order valence-electron chi connectivity index (χ0n) is 17.0. The number of ether oxygens (including phenoxy) is 1. The third kappa shape index (κ3) is 4.86. The third-order valence-corrected chi connectivity index (χ3v) is 5.33. The Labute approximate surface area is 172 Å². The van der Waals surface area contributed by atoms with Gasteiger partial charge in [0.1, 0.15) is 11.6 Å². The van der Waals surface area contributed by atoms with E-state index in [2.05, 4.69) is 34.5 Å². The first-order valence-electron chi connectivity index (χ1n) is 10.4. The number of benzene rings is 2. The molecule has 3 aromatic rings. The Morgan fingerprint density at radius 3 is 2.48 bits per heavy atom. The zero-order valence-corrected chi connectivity index (χ0v) is 17.0. The van der Waals surface area contributed by atoms with E-state index in [9.17, 15) is 0 Å². The highest BCUT2D eigenvalue weighted by Crippen LogP contribution is 2.25. The quantitative estimate of drug-likeness (QED) is 0.630. The van der Waals surface area contributed by atoms with E-state index in [0.29, 0.717) is 5.95 Å². The third-order valence-electron chi connectivity index (χ3n) is 5.33. The van der Waals surface area contributed by atoms with Gasteiger partial charge in [0, 0.05) is 31.3 Å². The van der Waals surface area contributed by atoms with Crippen molar-refractivity contribution in [1.29, 1.82) is 0 Å². The van der Waals surface area contributed by atoms with E-state index in [1.165, 1.54) is 24.8 Å². The minimum Gasteiger partial charge on any atom is -0.496 e. The standard InChI is InChI=1S/C24H28N4O/c1-29-22-13-7-6-12-20(22)14-15-25-24-26-21(19-10-4-2-5-11-19)18-23(27-24)28-16-8-3-9-17-28/h2,4-7,10-13,18H,3,8-9,14-17H2,1H3,(H,25,26,27). The fourth-order valence-electron chi connectivity index (χ4n) is 3.77. The molecule has 150 valence electrons. The lowest BCUT2D eigenvalue weighted by Gasteiger charge is -2.28. The molecule has 0 atom stereocenters. The first-order chi connectivity index (χ1) is 14.3. The molecule has 5 heteroatoms. The van der Waals surface area contributed by atoms with Crippen molar-refractivity contribution < 1.29 is 4.74 Å². The van der Waals surface area contributed by atoms with Crippen LogP contribution in [0.4, 0.5) is 11.8 Å². The highest BCUT2D eigenvalue weighted by Gasteiger charge is 2.15. The lowest BCUT2D eigenvalue weighted by molar-refractivity contribution is 0.410. The Bertz CT molecular complexity index is 923. The molecule has 2 aromatic carbocycles. The summed E-state index contributed by atoms with van der Waals surface area (Å²) >= 11 is 0. The SMILES string of the molecule is COc1ccccc1CCNc1nc(-c2ccccc2)cc(N2CCCCC2)n1. The van der Waals surface area contributed by atoms with E-state index in [-0.39, 0.29) is 0 Å². The normalized spacial score (nSPS) is 13.9. The van der Waals surface area contributed by atoms with E-state index in [0.717, 1.165) is 48.9 Å². The van der Waals surface area contributed by atoms with Crippen molar-refractivity contribution in [3.05, 3.63) is 66.2 Å². The van der Waals surface area contributed by atoms with Crippen molar-refractivity contribution in [3.8, 4) is 17.0 Å². The molecule has 0 amide bonds. The topological polar surface area (TPSA) is 50.3 Å². The van der Waals surface area contributed by atoms with Crippen LogP contribution in [0.2, 0.25) is 0 Å². The van der Waals surface area contributed by atoms with Gasteiger partial charge in [-0.25, -0.2) is 4.98 Å². The monoisotopic (exact) mass is 388 g/mol. The van der Waals surface area contributed by atoms with Gasteiger partial charge >= 0.3 is 0 Å². The van der Waals surface area contributed by atoms with E-state index in [4.69, 9.17) is 14.7 Å². The van der Waals surface area contributed by atoms with Crippen LogP contribution < -0.4 is 15.0 Å². The van der Waals surface area contributed by atoms with Crippen molar-refractivity contribution in [2.24, 2.45) is 0 Å². The van der Waals surface area contributed by atoms with Crippen molar-refractivity contribution in [2.45, 2.75) is 25.7 Å².